The number of H-pyrrole nitrogens is 1. The maximum atomic E-state index is 12.1. The van der Waals surface area contributed by atoms with Gasteiger partial charge in [-0.05, 0) is 55.5 Å². The maximum Gasteiger partial charge on any atom is 0.266 e. The number of benzene rings is 1. The molecule has 2 N–H and O–H groups in total. The van der Waals surface area contributed by atoms with Crippen molar-refractivity contribution in [3.05, 3.63) is 62.6 Å². The van der Waals surface area contributed by atoms with E-state index in [-0.39, 0.29) is 23.5 Å². The fourth-order valence-corrected chi connectivity index (χ4v) is 2.71. The summed E-state index contributed by atoms with van der Waals surface area (Å²) < 4.78 is 0. The molecule has 2 aromatic rings. The number of nitrogens with one attached hydrogen (secondary N) is 2. The first-order chi connectivity index (χ1) is 11.5. The number of aromatic amines is 1. The number of carbonyl (C=O) groups is 1. The van der Waals surface area contributed by atoms with Gasteiger partial charge in [-0.15, -0.1) is 0 Å². The lowest BCUT2D eigenvalue weighted by atomic mass is 9.99. The highest BCUT2D eigenvalue weighted by atomic mass is 16.1. The van der Waals surface area contributed by atoms with Gasteiger partial charge in [-0.3, -0.25) is 9.59 Å². The summed E-state index contributed by atoms with van der Waals surface area (Å²) in [5.74, 6) is -0.0947. The first kappa shape index (κ1) is 17.5. The van der Waals surface area contributed by atoms with Gasteiger partial charge in [-0.1, -0.05) is 19.1 Å². The molecule has 24 heavy (non-hydrogen) atoms. The Bertz CT molecular complexity index is 843. The van der Waals surface area contributed by atoms with E-state index in [0.717, 1.165) is 17.7 Å². The van der Waals surface area contributed by atoms with Gasteiger partial charge in [0.15, 0.2) is 0 Å². The van der Waals surface area contributed by atoms with Gasteiger partial charge >= 0.3 is 0 Å². The zero-order chi connectivity index (χ0) is 17.7. The number of anilines is 1. The molecule has 0 radical (unpaired) electrons. The Balaban J connectivity index is 2.06. The number of carbonyl (C=O) groups excluding carboxylic acids is 1. The first-order valence-electron chi connectivity index (χ1n) is 7.97. The number of hydrogen-bond donors (Lipinski definition) is 2. The summed E-state index contributed by atoms with van der Waals surface area (Å²) in [7, 11) is 0. The molecule has 2 rings (SSSR count). The minimum absolute atomic E-state index is 0.0947. The average Bonchev–Trinajstić information content (AvgIpc) is 2.55. The van der Waals surface area contributed by atoms with Gasteiger partial charge in [-0.25, -0.2) is 0 Å². The maximum absolute atomic E-state index is 12.1. The molecule has 5 heteroatoms. The second-order valence-electron chi connectivity index (χ2n) is 5.77. The van der Waals surface area contributed by atoms with Crippen LogP contribution in [0.15, 0.2) is 29.1 Å². The molecule has 1 aromatic heterocycles. The van der Waals surface area contributed by atoms with Gasteiger partial charge in [0.05, 0.1) is 0 Å². The van der Waals surface area contributed by atoms with Crippen LogP contribution in [0.2, 0.25) is 0 Å². The van der Waals surface area contributed by atoms with E-state index in [9.17, 15) is 9.59 Å². The van der Waals surface area contributed by atoms with Crippen molar-refractivity contribution in [3.63, 3.8) is 0 Å². The van der Waals surface area contributed by atoms with Crippen LogP contribution in [0.25, 0.3) is 0 Å². The predicted octanol–water partition coefficient (Wildman–Crippen LogP) is 3.00. The van der Waals surface area contributed by atoms with Crippen molar-refractivity contribution in [2.75, 3.05) is 5.32 Å². The number of rotatable bonds is 5. The normalized spacial score (nSPS) is 10.2. The molecular formula is C19H21N3O2. The molecule has 0 aliphatic heterocycles. The number of pyridine rings is 1. The lowest BCUT2D eigenvalue weighted by Crippen LogP contribution is -2.18. The van der Waals surface area contributed by atoms with Gasteiger partial charge in [-0.2, -0.15) is 5.26 Å². The summed E-state index contributed by atoms with van der Waals surface area (Å²) in [5, 5.41) is 11.9. The van der Waals surface area contributed by atoms with E-state index >= 15 is 0 Å². The van der Waals surface area contributed by atoms with Gasteiger partial charge in [0.1, 0.15) is 11.6 Å². The molecule has 0 saturated carbocycles. The smallest absolute Gasteiger partial charge is 0.266 e. The number of aryl methyl sites for hydroxylation is 2. The quantitative estimate of drug-likeness (QED) is 0.887. The van der Waals surface area contributed by atoms with Crippen LogP contribution < -0.4 is 10.9 Å². The van der Waals surface area contributed by atoms with Crippen molar-refractivity contribution >= 4 is 11.6 Å². The van der Waals surface area contributed by atoms with Crippen molar-refractivity contribution < 1.29 is 4.79 Å². The van der Waals surface area contributed by atoms with E-state index in [1.165, 1.54) is 5.56 Å². The Kier molecular flexibility index (Phi) is 5.54. The van der Waals surface area contributed by atoms with E-state index in [0.29, 0.717) is 17.7 Å². The monoisotopic (exact) mass is 323 g/mol. The Morgan fingerprint density at radius 1 is 1.25 bits per heavy atom. The Morgan fingerprint density at radius 2 is 1.92 bits per heavy atom. The van der Waals surface area contributed by atoms with Gasteiger partial charge < -0.3 is 10.3 Å². The van der Waals surface area contributed by atoms with Crippen LogP contribution in [0.4, 0.5) is 5.69 Å². The average molecular weight is 323 g/mol. The lowest BCUT2D eigenvalue weighted by Gasteiger charge is -2.11. The van der Waals surface area contributed by atoms with Gasteiger partial charge in [0.2, 0.25) is 5.91 Å². The molecule has 124 valence electrons. The molecule has 5 nitrogen and oxygen atoms in total. The summed E-state index contributed by atoms with van der Waals surface area (Å²) in [6, 6.07) is 9.69. The van der Waals surface area contributed by atoms with Crippen LogP contribution in [-0.4, -0.2) is 10.9 Å². The van der Waals surface area contributed by atoms with Crippen LogP contribution in [0.5, 0.6) is 0 Å². The van der Waals surface area contributed by atoms with Crippen LogP contribution >= 0.6 is 0 Å². The van der Waals surface area contributed by atoms with Crippen molar-refractivity contribution in [3.8, 4) is 6.07 Å². The molecule has 0 bridgehead atoms. The summed E-state index contributed by atoms with van der Waals surface area (Å²) in [4.78, 5) is 26.5. The van der Waals surface area contributed by atoms with Crippen molar-refractivity contribution in [2.24, 2.45) is 0 Å². The fraction of sp³-hybridized carbons (Fsp3) is 0.316. The topological polar surface area (TPSA) is 85.8 Å². The summed E-state index contributed by atoms with van der Waals surface area (Å²) in [6.07, 6.45) is 1.72. The molecule has 0 aliphatic rings. The first-order valence-corrected chi connectivity index (χ1v) is 7.97. The number of nitriles is 1. The molecule has 0 saturated heterocycles. The van der Waals surface area contributed by atoms with Crippen LogP contribution in [0, 0.1) is 25.2 Å². The Hall–Kier alpha value is -2.87. The molecule has 0 atom stereocenters. The highest BCUT2D eigenvalue weighted by molar-refractivity contribution is 5.90. The third-order valence-corrected chi connectivity index (χ3v) is 4.17. The van der Waals surface area contributed by atoms with Crippen LogP contribution in [0.3, 0.4) is 0 Å². The number of hydrogen-bond acceptors (Lipinski definition) is 3. The third kappa shape index (κ3) is 3.90. The molecule has 1 aromatic carbocycles. The number of aromatic nitrogens is 1. The molecule has 0 fully saturated rings. The van der Waals surface area contributed by atoms with Crippen molar-refractivity contribution in [2.45, 2.75) is 40.0 Å². The zero-order valence-corrected chi connectivity index (χ0v) is 14.2. The number of nitrogens with zero attached hydrogens (tertiary/aromatic N) is 1. The Labute approximate surface area is 141 Å². The number of amides is 1. The van der Waals surface area contributed by atoms with Gasteiger partial charge in [0.25, 0.3) is 5.56 Å². The Morgan fingerprint density at radius 3 is 2.50 bits per heavy atom. The van der Waals surface area contributed by atoms with E-state index in [2.05, 4.69) is 17.2 Å². The standard InChI is InChI=1S/C19H21N3O2/c1-4-14-5-7-15(8-6-14)22-18(23)10-9-16-12(2)17(11-20)19(24)21-13(16)3/h5-8H,4,9-10H2,1-3H3,(H,21,24)(H,22,23). The minimum atomic E-state index is -0.378. The summed E-state index contributed by atoms with van der Waals surface area (Å²) >= 11 is 0. The third-order valence-electron chi connectivity index (χ3n) is 4.17. The van der Waals surface area contributed by atoms with E-state index in [1.54, 1.807) is 13.8 Å². The second-order valence-corrected chi connectivity index (χ2v) is 5.77. The highest BCUT2D eigenvalue weighted by Crippen LogP contribution is 2.16. The summed E-state index contributed by atoms with van der Waals surface area (Å²) in [6.45, 7) is 5.61. The van der Waals surface area contributed by atoms with Gasteiger partial charge in [0, 0.05) is 17.8 Å². The second kappa shape index (κ2) is 7.60. The van der Waals surface area contributed by atoms with E-state index in [4.69, 9.17) is 5.26 Å². The predicted molar refractivity (Wildman–Crippen MR) is 94.0 cm³/mol. The largest absolute Gasteiger partial charge is 0.326 e. The minimum Gasteiger partial charge on any atom is -0.326 e. The zero-order valence-electron chi connectivity index (χ0n) is 14.2. The lowest BCUT2D eigenvalue weighted by molar-refractivity contribution is -0.116. The molecule has 1 amide bonds. The van der Waals surface area contributed by atoms with Crippen molar-refractivity contribution in [1.29, 1.82) is 5.26 Å². The molecule has 1 heterocycles. The molecule has 0 spiro atoms. The molecule has 0 aliphatic carbocycles. The fourth-order valence-electron chi connectivity index (χ4n) is 2.71. The van der Waals surface area contributed by atoms with Crippen LogP contribution in [-0.2, 0) is 17.6 Å². The van der Waals surface area contributed by atoms with E-state index < -0.39 is 0 Å². The summed E-state index contributed by atoms with van der Waals surface area (Å²) in [5.41, 5.74) is 3.93. The molecular weight excluding hydrogens is 302 g/mol. The SMILES string of the molecule is CCc1ccc(NC(=O)CCc2c(C)[nH]c(=O)c(C#N)c2C)cc1. The van der Waals surface area contributed by atoms with Crippen LogP contribution in [0.1, 0.15) is 41.3 Å². The molecule has 0 unspecified atom stereocenters. The van der Waals surface area contributed by atoms with Crippen molar-refractivity contribution in [1.82, 2.24) is 4.98 Å². The van der Waals surface area contributed by atoms with E-state index in [1.807, 2.05) is 30.3 Å². The highest BCUT2D eigenvalue weighted by Gasteiger charge is 2.13.